The first-order valence-corrected chi connectivity index (χ1v) is 5.76. The van der Waals surface area contributed by atoms with Crippen LogP contribution in [0.4, 0.5) is 0 Å². The van der Waals surface area contributed by atoms with Crippen molar-refractivity contribution in [3.63, 3.8) is 0 Å². The number of thiazole rings is 1. The van der Waals surface area contributed by atoms with Crippen molar-refractivity contribution >= 4 is 28.1 Å². The van der Waals surface area contributed by atoms with Crippen molar-refractivity contribution in [3.8, 4) is 0 Å². The van der Waals surface area contributed by atoms with Crippen molar-refractivity contribution in [2.75, 3.05) is 0 Å². The van der Waals surface area contributed by atoms with E-state index in [1.807, 2.05) is 0 Å². The standard InChI is InChI=1S/C5H8BNO2S2/c1-3-5(11(6,8)9)10-4(2)7-3/h6H2,1-2H3. The van der Waals surface area contributed by atoms with Gasteiger partial charge in [0.1, 0.15) is 13.9 Å². The maximum atomic E-state index is 11.0. The summed E-state index contributed by atoms with van der Waals surface area (Å²) in [7, 11) is -1.86. The largest absolute Gasteiger partial charge is 0.263 e. The van der Waals surface area contributed by atoms with Gasteiger partial charge in [-0.15, -0.1) is 11.3 Å². The average Bonchev–Trinajstić information content (AvgIpc) is 2.08. The van der Waals surface area contributed by atoms with Gasteiger partial charge < -0.3 is 0 Å². The average molecular weight is 189 g/mol. The van der Waals surface area contributed by atoms with Crippen LogP contribution in [0.2, 0.25) is 0 Å². The highest BCUT2D eigenvalue weighted by Gasteiger charge is 2.14. The summed E-state index contributed by atoms with van der Waals surface area (Å²) in [6.45, 7) is 3.51. The van der Waals surface area contributed by atoms with Crippen LogP contribution in [0.1, 0.15) is 10.7 Å². The Balaban J connectivity index is 3.36. The molecule has 0 aliphatic rings. The minimum atomic E-state index is -3.06. The van der Waals surface area contributed by atoms with Crippen LogP contribution in [0.25, 0.3) is 0 Å². The molecule has 6 heteroatoms. The zero-order valence-electron chi connectivity index (χ0n) is 6.58. The predicted molar refractivity (Wildman–Crippen MR) is 47.3 cm³/mol. The normalized spacial score (nSPS) is 11.8. The molecule has 0 bridgehead atoms. The number of hydrogen-bond acceptors (Lipinski definition) is 4. The van der Waals surface area contributed by atoms with Gasteiger partial charge in [-0.1, -0.05) is 0 Å². The summed E-state index contributed by atoms with van der Waals surface area (Å²) in [6, 6.07) is 0. The zero-order chi connectivity index (χ0) is 8.65. The molecule has 0 saturated heterocycles. The highest BCUT2D eigenvalue weighted by atomic mass is 32.2. The highest BCUT2D eigenvalue weighted by Crippen LogP contribution is 2.21. The molecular formula is C5H8BNO2S2. The zero-order valence-corrected chi connectivity index (χ0v) is 8.21. The second-order valence-corrected chi connectivity index (χ2v) is 5.79. The summed E-state index contributed by atoms with van der Waals surface area (Å²) < 4.78 is 22.5. The van der Waals surface area contributed by atoms with Crippen LogP contribution >= 0.6 is 11.3 Å². The fourth-order valence-electron chi connectivity index (χ4n) is 0.857. The van der Waals surface area contributed by atoms with Crippen LogP contribution in [0.5, 0.6) is 0 Å². The van der Waals surface area contributed by atoms with E-state index < -0.39 is 9.69 Å². The Morgan fingerprint density at radius 2 is 2.00 bits per heavy atom. The third-order valence-corrected chi connectivity index (χ3v) is 4.19. The third kappa shape index (κ3) is 1.81. The van der Waals surface area contributed by atoms with Gasteiger partial charge in [0.05, 0.1) is 10.7 Å². The van der Waals surface area contributed by atoms with Gasteiger partial charge in [-0.2, -0.15) is 0 Å². The van der Waals surface area contributed by atoms with E-state index >= 15 is 0 Å². The molecule has 0 fully saturated rings. The van der Waals surface area contributed by atoms with Gasteiger partial charge in [0, 0.05) is 0 Å². The van der Waals surface area contributed by atoms with Crippen LogP contribution in [0.15, 0.2) is 4.21 Å². The Morgan fingerprint density at radius 3 is 2.18 bits per heavy atom. The molecule has 60 valence electrons. The Hall–Kier alpha value is -0.355. The molecule has 0 saturated carbocycles. The van der Waals surface area contributed by atoms with Gasteiger partial charge in [-0.05, 0) is 13.8 Å². The summed E-state index contributed by atoms with van der Waals surface area (Å²) in [5, 5.41) is 0.794. The molecule has 0 radical (unpaired) electrons. The molecule has 1 aromatic heterocycles. The maximum absolute atomic E-state index is 11.0. The summed E-state index contributed by atoms with van der Waals surface area (Å²) in [5.41, 5.74) is 0.606. The number of hydrogen-bond donors (Lipinski definition) is 0. The molecule has 0 amide bonds. The Bertz CT molecular complexity index is 368. The fraction of sp³-hybridized carbons (Fsp3) is 0.400. The summed E-state index contributed by atoms with van der Waals surface area (Å²) >= 11 is 1.22. The first-order valence-electron chi connectivity index (χ1n) is 3.05. The molecule has 0 unspecified atom stereocenters. The smallest absolute Gasteiger partial charge is 0.246 e. The minimum absolute atomic E-state index is 0.384. The van der Waals surface area contributed by atoms with Crippen molar-refractivity contribution in [2.45, 2.75) is 18.1 Å². The summed E-state index contributed by atoms with van der Waals surface area (Å²) in [6.07, 6.45) is 0. The van der Waals surface area contributed by atoms with Crippen LogP contribution in [-0.2, 0) is 9.69 Å². The van der Waals surface area contributed by atoms with E-state index in [1.165, 1.54) is 18.5 Å². The Morgan fingerprint density at radius 1 is 1.45 bits per heavy atom. The first-order chi connectivity index (χ1) is 4.91. The quantitative estimate of drug-likeness (QED) is 0.588. The number of aryl methyl sites for hydroxylation is 2. The van der Waals surface area contributed by atoms with Gasteiger partial charge in [-0.3, -0.25) is 0 Å². The van der Waals surface area contributed by atoms with Crippen molar-refractivity contribution in [1.29, 1.82) is 0 Å². The van der Waals surface area contributed by atoms with E-state index in [0.29, 0.717) is 9.90 Å². The molecule has 0 aliphatic carbocycles. The number of aromatic nitrogens is 1. The van der Waals surface area contributed by atoms with Gasteiger partial charge in [0.2, 0.25) is 0 Å². The van der Waals surface area contributed by atoms with E-state index in [2.05, 4.69) is 4.98 Å². The molecule has 0 aromatic carbocycles. The lowest BCUT2D eigenvalue weighted by Crippen LogP contribution is -1.97. The van der Waals surface area contributed by atoms with E-state index in [4.69, 9.17) is 0 Å². The van der Waals surface area contributed by atoms with Crippen LogP contribution < -0.4 is 0 Å². The molecule has 1 rings (SSSR count). The van der Waals surface area contributed by atoms with Crippen LogP contribution in [-0.4, -0.2) is 20.5 Å². The van der Waals surface area contributed by atoms with Crippen molar-refractivity contribution in [2.24, 2.45) is 0 Å². The molecule has 11 heavy (non-hydrogen) atoms. The molecule has 3 nitrogen and oxygen atoms in total. The molecule has 1 heterocycles. The van der Waals surface area contributed by atoms with E-state index in [1.54, 1.807) is 13.8 Å². The van der Waals surface area contributed by atoms with E-state index in [-0.39, 0.29) is 0 Å². The lowest BCUT2D eigenvalue weighted by atomic mass is 10.6. The Kier molecular flexibility index (Phi) is 2.07. The Labute approximate surface area is 70.7 Å². The molecule has 0 atom stereocenters. The summed E-state index contributed by atoms with van der Waals surface area (Å²) in [5.74, 6) is 0. The second-order valence-electron chi connectivity index (χ2n) is 2.38. The van der Waals surface area contributed by atoms with Crippen LogP contribution in [0, 0.1) is 13.8 Å². The van der Waals surface area contributed by atoms with Gasteiger partial charge >= 0.3 is 0 Å². The van der Waals surface area contributed by atoms with Crippen molar-refractivity contribution < 1.29 is 8.42 Å². The minimum Gasteiger partial charge on any atom is -0.246 e. The van der Waals surface area contributed by atoms with Gasteiger partial charge in [0.15, 0.2) is 0 Å². The predicted octanol–water partition coefficient (Wildman–Crippen LogP) is 0.0817. The monoisotopic (exact) mass is 189 g/mol. The lowest BCUT2D eigenvalue weighted by molar-refractivity contribution is 0.610. The second kappa shape index (κ2) is 2.60. The number of nitrogens with zero attached hydrogens (tertiary/aromatic N) is 1. The molecule has 0 N–H and O–H groups in total. The lowest BCUT2D eigenvalue weighted by Gasteiger charge is -1.90. The third-order valence-electron chi connectivity index (χ3n) is 1.20. The number of rotatable bonds is 1. The molecule has 1 aromatic rings. The van der Waals surface area contributed by atoms with Gasteiger partial charge in [-0.25, -0.2) is 13.4 Å². The van der Waals surface area contributed by atoms with Crippen molar-refractivity contribution in [1.82, 2.24) is 4.98 Å². The fourth-order valence-corrected chi connectivity index (χ4v) is 3.05. The molecular weight excluding hydrogens is 181 g/mol. The summed E-state index contributed by atoms with van der Waals surface area (Å²) in [4.78, 5) is 4.02. The maximum Gasteiger partial charge on any atom is 0.263 e. The highest BCUT2D eigenvalue weighted by molar-refractivity contribution is 8.13. The van der Waals surface area contributed by atoms with Gasteiger partial charge in [0.25, 0.3) is 7.12 Å². The molecule has 0 spiro atoms. The van der Waals surface area contributed by atoms with Crippen molar-refractivity contribution in [3.05, 3.63) is 10.7 Å². The van der Waals surface area contributed by atoms with E-state index in [9.17, 15) is 8.42 Å². The first kappa shape index (κ1) is 8.74. The molecule has 0 aliphatic heterocycles. The SMILES string of the molecule is BS(=O)(=O)c1sc(C)nc1C. The topological polar surface area (TPSA) is 47.0 Å². The van der Waals surface area contributed by atoms with Crippen LogP contribution in [0.3, 0.4) is 0 Å². The van der Waals surface area contributed by atoms with E-state index in [0.717, 1.165) is 5.01 Å².